The van der Waals surface area contributed by atoms with Gasteiger partial charge in [0.15, 0.2) is 0 Å². The van der Waals surface area contributed by atoms with Crippen LogP contribution in [0.3, 0.4) is 0 Å². The Bertz CT molecular complexity index is 44.1. The molecule has 0 spiro atoms. The van der Waals surface area contributed by atoms with Gasteiger partial charge in [-0.3, -0.25) is 0 Å². The third kappa shape index (κ3) is 3.56. The maximum Gasteiger partial charge on any atom is 0.503 e. The molecule has 0 radical (unpaired) electrons. The molecule has 1 N–H and O–H groups in total. The lowest BCUT2D eigenvalue weighted by molar-refractivity contribution is 0.406. The Balaban J connectivity index is 2.66. The first kappa shape index (κ1) is 5.56. The van der Waals surface area contributed by atoms with Gasteiger partial charge >= 0.3 is 7.69 Å². The predicted octanol–water partition coefficient (Wildman–Crippen LogP) is -0.205. The molecule has 0 bridgehead atoms. The number of hydrogen-bond acceptors (Lipinski definition) is 2. The van der Waals surface area contributed by atoms with Crippen LogP contribution in [0.1, 0.15) is 6.92 Å². The first-order valence-corrected chi connectivity index (χ1v) is 1.75. The van der Waals surface area contributed by atoms with Crippen molar-refractivity contribution in [1.29, 1.82) is 0 Å². The Morgan fingerprint density at radius 1 is 1.83 bits per heavy atom. The summed E-state index contributed by atoms with van der Waals surface area (Å²) < 4.78 is 4.36. The van der Waals surface area contributed by atoms with Gasteiger partial charge in [0, 0.05) is 0 Å². The zero-order valence-corrected chi connectivity index (χ0v) is 3.72. The minimum absolute atomic E-state index is 0.232. The molecular weight excluding hydrogens is 78.8 g/mol. The average molecular weight is 85.9 g/mol. The molecule has 0 saturated heterocycles. The molecule has 0 heterocycles. The first-order valence-electron chi connectivity index (χ1n) is 1.75. The summed E-state index contributed by atoms with van der Waals surface area (Å²) in [5.74, 6) is 0. The van der Waals surface area contributed by atoms with E-state index in [4.69, 9.17) is 5.02 Å². The summed E-state index contributed by atoms with van der Waals surface area (Å²) in [4.78, 5) is 0. The smallest absolute Gasteiger partial charge is 0.503 e. The van der Waals surface area contributed by atoms with Crippen LogP contribution in [0.2, 0.25) is 0 Å². The summed E-state index contributed by atoms with van der Waals surface area (Å²) in [6.07, 6.45) is 3.14. The molecule has 0 unspecified atom stereocenters. The van der Waals surface area contributed by atoms with Crippen LogP contribution in [0.15, 0.2) is 12.3 Å². The van der Waals surface area contributed by atoms with E-state index >= 15 is 0 Å². The van der Waals surface area contributed by atoms with E-state index in [1.165, 1.54) is 6.26 Å². The number of rotatable bonds is 2. The lowest BCUT2D eigenvalue weighted by Gasteiger charge is -1.83. The number of hydrogen-bond donors (Lipinski definition) is 1. The van der Waals surface area contributed by atoms with E-state index in [0.29, 0.717) is 0 Å². The highest BCUT2D eigenvalue weighted by Crippen LogP contribution is 1.67. The Morgan fingerprint density at radius 2 is 2.50 bits per heavy atom. The fraction of sp³-hybridized carbons (Fsp3) is 0.333. The van der Waals surface area contributed by atoms with Gasteiger partial charge in [-0.05, 0) is 6.92 Å². The van der Waals surface area contributed by atoms with E-state index < -0.39 is 0 Å². The molecule has 0 aromatic heterocycles. The van der Waals surface area contributed by atoms with Crippen LogP contribution in [0.4, 0.5) is 0 Å². The van der Waals surface area contributed by atoms with Crippen LogP contribution >= 0.6 is 0 Å². The largest absolute Gasteiger partial charge is 0.545 e. The molecule has 2 nitrogen and oxygen atoms in total. The van der Waals surface area contributed by atoms with Gasteiger partial charge in [-0.2, -0.15) is 0 Å². The zero-order valence-electron chi connectivity index (χ0n) is 3.72. The summed E-state index contributed by atoms with van der Waals surface area (Å²) in [7, 11) is -0.232. The van der Waals surface area contributed by atoms with Crippen molar-refractivity contribution in [1.82, 2.24) is 0 Å². The van der Waals surface area contributed by atoms with Gasteiger partial charge in [-0.25, -0.2) is 0 Å². The molecule has 0 aliphatic carbocycles. The van der Waals surface area contributed by atoms with E-state index in [0.717, 1.165) is 0 Å². The number of allylic oxidation sites excluding steroid dienone is 1. The van der Waals surface area contributed by atoms with Crippen LogP contribution in [0.5, 0.6) is 0 Å². The van der Waals surface area contributed by atoms with Crippen LogP contribution in [-0.4, -0.2) is 12.7 Å². The topological polar surface area (TPSA) is 29.5 Å². The molecule has 0 aliphatic rings. The fourth-order valence-corrected chi connectivity index (χ4v) is 0.139. The third-order valence-electron chi connectivity index (χ3n) is 0.307. The highest BCUT2D eigenvalue weighted by molar-refractivity contribution is 6.16. The third-order valence-corrected chi connectivity index (χ3v) is 0.307. The zero-order chi connectivity index (χ0) is 4.83. The van der Waals surface area contributed by atoms with E-state index in [1.54, 1.807) is 6.08 Å². The summed E-state index contributed by atoms with van der Waals surface area (Å²) >= 11 is 0. The van der Waals surface area contributed by atoms with Crippen molar-refractivity contribution in [3.05, 3.63) is 12.3 Å². The standard InChI is InChI=1S/C3H7BO2/c1-2-3-6-4-5/h2-5H,1H3. The van der Waals surface area contributed by atoms with Crippen molar-refractivity contribution < 1.29 is 9.68 Å². The van der Waals surface area contributed by atoms with Gasteiger partial charge in [0.25, 0.3) is 0 Å². The molecular formula is C3H7BO2. The molecule has 0 saturated carbocycles. The van der Waals surface area contributed by atoms with Crippen LogP contribution in [0, 0.1) is 0 Å². The molecule has 0 aromatic carbocycles. The molecule has 6 heavy (non-hydrogen) atoms. The summed E-state index contributed by atoms with van der Waals surface area (Å²) in [5, 5.41) is 7.92. The molecule has 0 aromatic rings. The van der Waals surface area contributed by atoms with Crippen molar-refractivity contribution in [3.63, 3.8) is 0 Å². The lowest BCUT2D eigenvalue weighted by Crippen LogP contribution is -1.86. The maximum atomic E-state index is 7.92. The minimum Gasteiger partial charge on any atom is -0.545 e. The Labute approximate surface area is 37.7 Å². The van der Waals surface area contributed by atoms with Gasteiger partial charge in [0.1, 0.15) is 0 Å². The quantitative estimate of drug-likeness (QED) is 0.372. The summed E-state index contributed by atoms with van der Waals surface area (Å²) in [5.41, 5.74) is 0. The normalized spacial score (nSPS) is 9.00. The van der Waals surface area contributed by atoms with Gasteiger partial charge in [0.2, 0.25) is 0 Å². The van der Waals surface area contributed by atoms with Crippen molar-refractivity contribution in [3.8, 4) is 0 Å². The first-order chi connectivity index (χ1) is 2.91. The van der Waals surface area contributed by atoms with E-state index in [2.05, 4.69) is 4.65 Å². The van der Waals surface area contributed by atoms with E-state index in [1.807, 2.05) is 6.92 Å². The van der Waals surface area contributed by atoms with Crippen molar-refractivity contribution in [2.75, 3.05) is 0 Å². The Morgan fingerprint density at radius 3 is 2.67 bits per heavy atom. The maximum absolute atomic E-state index is 7.92. The van der Waals surface area contributed by atoms with Gasteiger partial charge in [-0.1, -0.05) is 6.08 Å². The summed E-state index contributed by atoms with van der Waals surface area (Å²) in [6.45, 7) is 1.82. The highest BCUT2D eigenvalue weighted by Gasteiger charge is 1.69. The lowest BCUT2D eigenvalue weighted by atomic mass is 10.4. The second-order valence-corrected chi connectivity index (χ2v) is 0.765. The summed E-state index contributed by atoms with van der Waals surface area (Å²) in [6, 6.07) is 0. The van der Waals surface area contributed by atoms with E-state index in [-0.39, 0.29) is 7.69 Å². The Kier molecular flexibility index (Phi) is 4.23. The van der Waals surface area contributed by atoms with Crippen molar-refractivity contribution in [2.24, 2.45) is 0 Å². The van der Waals surface area contributed by atoms with Crippen molar-refractivity contribution in [2.45, 2.75) is 6.92 Å². The van der Waals surface area contributed by atoms with Crippen LogP contribution < -0.4 is 0 Å². The molecule has 0 aliphatic heterocycles. The van der Waals surface area contributed by atoms with Crippen molar-refractivity contribution >= 4 is 7.69 Å². The molecule has 0 fully saturated rings. The predicted molar refractivity (Wildman–Crippen MR) is 25.3 cm³/mol. The fourth-order valence-electron chi connectivity index (χ4n) is 0.139. The minimum atomic E-state index is -0.232. The average Bonchev–Trinajstić information content (AvgIpc) is 1.61. The van der Waals surface area contributed by atoms with Gasteiger partial charge in [0.05, 0.1) is 6.26 Å². The Hall–Kier alpha value is -0.435. The van der Waals surface area contributed by atoms with Gasteiger partial charge in [-0.15, -0.1) is 0 Å². The van der Waals surface area contributed by atoms with Crippen LogP contribution in [0.25, 0.3) is 0 Å². The molecule has 34 valence electrons. The van der Waals surface area contributed by atoms with Crippen LogP contribution in [-0.2, 0) is 4.65 Å². The molecule has 0 amide bonds. The monoisotopic (exact) mass is 86.1 g/mol. The second kappa shape index (κ2) is 4.56. The molecule has 3 heteroatoms. The van der Waals surface area contributed by atoms with Gasteiger partial charge < -0.3 is 9.68 Å². The van der Waals surface area contributed by atoms with E-state index in [9.17, 15) is 0 Å². The SMILES string of the molecule is CC=COBO. The molecule has 0 atom stereocenters. The second-order valence-electron chi connectivity index (χ2n) is 0.765. The highest BCUT2D eigenvalue weighted by atomic mass is 16.5. The molecule has 0 rings (SSSR count).